The van der Waals surface area contributed by atoms with Crippen LogP contribution < -0.4 is 10.9 Å². The molecule has 5 nitrogen and oxygen atoms in total. The number of urea groups is 1. The van der Waals surface area contributed by atoms with Crippen molar-refractivity contribution in [3.8, 4) is 0 Å². The number of halogens is 1. The van der Waals surface area contributed by atoms with Crippen molar-refractivity contribution >= 4 is 22.6 Å². The highest BCUT2D eigenvalue weighted by Gasteiger charge is 2.18. The first kappa shape index (κ1) is 22.3. The van der Waals surface area contributed by atoms with Gasteiger partial charge in [-0.15, -0.1) is 0 Å². The number of carbonyl (C=O) groups is 1. The maximum atomic E-state index is 14.1. The smallest absolute Gasteiger partial charge is 0.321 e. The summed E-state index contributed by atoms with van der Waals surface area (Å²) in [6.45, 7) is 4.43. The molecule has 1 aromatic heterocycles. The zero-order valence-electron chi connectivity index (χ0n) is 18.7. The van der Waals surface area contributed by atoms with E-state index in [0.717, 1.165) is 27.6 Å². The number of nitrogens with zero attached hydrogens (tertiary/aromatic N) is 1. The molecular formula is C27H26FN3O2. The number of benzene rings is 3. The summed E-state index contributed by atoms with van der Waals surface area (Å²) in [4.78, 5) is 30.4. The molecule has 0 unspecified atom stereocenters. The van der Waals surface area contributed by atoms with Gasteiger partial charge in [0.25, 0.3) is 5.56 Å². The summed E-state index contributed by atoms with van der Waals surface area (Å²) >= 11 is 0. The van der Waals surface area contributed by atoms with Crippen LogP contribution in [0.5, 0.6) is 0 Å². The van der Waals surface area contributed by atoms with Crippen LogP contribution >= 0.6 is 0 Å². The van der Waals surface area contributed by atoms with Crippen molar-refractivity contribution in [2.24, 2.45) is 0 Å². The average molecular weight is 444 g/mol. The van der Waals surface area contributed by atoms with Crippen molar-refractivity contribution in [1.29, 1.82) is 0 Å². The highest BCUT2D eigenvalue weighted by atomic mass is 19.1. The van der Waals surface area contributed by atoms with Gasteiger partial charge in [0.05, 0.1) is 17.7 Å². The second-order valence-electron chi connectivity index (χ2n) is 8.24. The number of pyridine rings is 1. The van der Waals surface area contributed by atoms with Gasteiger partial charge in [-0.2, -0.15) is 0 Å². The van der Waals surface area contributed by atoms with Gasteiger partial charge in [-0.3, -0.25) is 4.79 Å². The van der Waals surface area contributed by atoms with Gasteiger partial charge in [0.1, 0.15) is 5.82 Å². The number of aryl methyl sites for hydroxylation is 2. The lowest BCUT2D eigenvalue weighted by atomic mass is 10.0. The molecule has 0 aliphatic carbocycles. The van der Waals surface area contributed by atoms with Crippen LogP contribution in [0.25, 0.3) is 10.9 Å². The SMILES string of the molecule is Cc1cc(C)c2[nH]c(=O)c(CN(CCc3ccccc3)C(=O)Nc3ccccc3F)cc2c1. The lowest BCUT2D eigenvalue weighted by molar-refractivity contribution is 0.209. The van der Waals surface area contributed by atoms with E-state index in [4.69, 9.17) is 0 Å². The van der Waals surface area contributed by atoms with Gasteiger partial charge < -0.3 is 15.2 Å². The number of hydrogen-bond donors (Lipinski definition) is 2. The Bertz CT molecular complexity index is 1350. The standard InChI is InChI=1S/C27H26FN3O2/c1-18-14-19(2)25-21(15-18)16-22(26(32)30-25)17-31(13-12-20-8-4-3-5-9-20)27(33)29-24-11-7-6-10-23(24)28/h3-11,14-16H,12-13,17H2,1-2H3,(H,29,33)(H,30,32). The van der Waals surface area contributed by atoms with Crippen LogP contribution in [0.1, 0.15) is 22.3 Å². The van der Waals surface area contributed by atoms with Gasteiger partial charge in [-0.05, 0) is 61.0 Å². The topological polar surface area (TPSA) is 65.2 Å². The molecule has 0 aliphatic heterocycles. The van der Waals surface area contributed by atoms with Crippen LogP contribution in [0.2, 0.25) is 0 Å². The molecule has 0 saturated heterocycles. The predicted octanol–water partition coefficient (Wildman–Crippen LogP) is 5.56. The normalized spacial score (nSPS) is 10.9. The number of nitrogens with one attached hydrogen (secondary N) is 2. The summed E-state index contributed by atoms with van der Waals surface area (Å²) in [7, 11) is 0. The molecule has 1 heterocycles. The Morgan fingerprint density at radius 1 is 1.00 bits per heavy atom. The first-order valence-electron chi connectivity index (χ1n) is 10.9. The average Bonchev–Trinajstić information content (AvgIpc) is 2.79. The number of aromatic nitrogens is 1. The summed E-state index contributed by atoms with van der Waals surface area (Å²) in [5.41, 5.74) is 4.29. The molecule has 4 rings (SSSR count). The van der Waals surface area contributed by atoms with Gasteiger partial charge in [0.15, 0.2) is 0 Å². The van der Waals surface area contributed by atoms with E-state index in [1.807, 2.05) is 62.4 Å². The van der Waals surface area contributed by atoms with Crippen LogP contribution in [0.15, 0.2) is 77.6 Å². The third kappa shape index (κ3) is 5.29. The van der Waals surface area contributed by atoms with Crippen molar-refractivity contribution in [3.05, 3.63) is 111 Å². The van der Waals surface area contributed by atoms with E-state index < -0.39 is 11.8 Å². The van der Waals surface area contributed by atoms with Crippen molar-refractivity contribution in [1.82, 2.24) is 9.88 Å². The molecule has 0 spiro atoms. The van der Waals surface area contributed by atoms with E-state index in [0.29, 0.717) is 18.5 Å². The molecule has 168 valence electrons. The number of H-pyrrole nitrogens is 1. The summed E-state index contributed by atoms with van der Waals surface area (Å²) < 4.78 is 14.1. The van der Waals surface area contributed by atoms with Crippen molar-refractivity contribution in [2.45, 2.75) is 26.8 Å². The largest absolute Gasteiger partial charge is 0.322 e. The number of fused-ring (bicyclic) bond motifs is 1. The molecule has 6 heteroatoms. The van der Waals surface area contributed by atoms with Gasteiger partial charge in [0.2, 0.25) is 0 Å². The number of para-hydroxylation sites is 1. The number of hydrogen-bond acceptors (Lipinski definition) is 2. The van der Waals surface area contributed by atoms with E-state index >= 15 is 0 Å². The maximum Gasteiger partial charge on any atom is 0.322 e. The third-order valence-electron chi connectivity index (χ3n) is 5.65. The van der Waals surface area contributed by atoms with E-state index in [9.17, 15) is 14.0 Å². The molecule has 3 aromatic carbocycles. The Balaban J connectivity index is 1.63. The van der Waals surface area contributed by atoms with E-state index in [2.05, 4.69) is 10.3 Å². The fourth-order valence-electron chi connectivity index (χ4n) is 3.97. The number of rotatable bonds is 6. The molecule has 4 aromatic rings. The van der Waals surface area contributed by atoms with E-state index in [1.165, 1.54) is 12.1 Å². The molecule has 33 heavy (non-hydrogen) atoms. The predicted molar refractivity (Wildman–Crippen MR) is 130 cm³/mol. The van der Waals surface area contributed by atoms with Gasteiger partial charge >= 0.3 is 6.03 Å². The Morgan fingerprint density at radius 2 is 1.73 bits per heavy atom. The summed E-state index contributed by atoms with van der Waals surface area (Å²) in [6.07, 6.45) is 0.606. The Kier molecular flexibility index (Phi) is 6.54. The van der Waals surface area contributed by atoms with Crippen LogP contribution in [0, 0.1) is 19.7 Å². The number of carbonyl (C=O) groups excluding carboxylic acids is 1. The third-order valence-corrected chi connectivity index (χ3v) is 5.65. The van der Waals surface area contributed by atoms with Crippen LogP contribution in [-0.2, 0) is 13.0 Å². The summed E-state index contributed by atoms with van der Waals surface area (Å²) in [5.74, 6) is -0.511. The minimum Gasteiger partial charge on any atom is -0.321 e. The Morgan fingerprint density at radius 3 is 2.48 bits per heavy atom. The van der Waals surface area contributed by atoms with Crippen molar-refractivity contribution in [2.75, 3.05) is 11.9 Å². The first-order valence-corrected chi connectivity index (χ1v) is 10.9. The van der Waals surface area contributed by atoms with E-state index in [-0.39, 0.29) is 17.8 Å². The lowest BCUT2D eigenvalue weighted by Gasteiger charge is -2.23. The molecular weight excluding hydrogens is 417 g/mol. The maximum absolute atomic E-state index is 14.1. The highest BCUT2D eigenvalue weighted by molar-refractivity contribution is 5.89. The molecule has 0 radical (unpaired) electrons. The zero-order valence-corrected chi connectivity index (χ0v) is 18.7. The molecule has 2 amide bonds. The fourth-order valence-corrected chi connectivity index (χ4v) is 3.97. The second kappa shape index (κ2) is 9.69. The highest BCUT2D eigenvalue weighted by Crippen LogP contribution is 2.19. The second-order valence-corrected chi connectivity index (χ2v) is 8.24. The van der Waals surface area contributed by atoms with Crippen LogP contribution in [0.3, 0.4) is 0 Å². The Labute approximate surface area is 191 Å². The van der Waals surface area contributed by atoms with E-state index in [1.54, 1.807) is 17.0 Å². The fraction of sp³-hybridized carbons (Fsp3) is 0.185. The molecule has 0 fully saturated rings. The Hall–Kier alpha value is -3.93. The lowest BCUT2D eigenvalue weighted by Crippen LogP contribution is -2.37. The minimum atomic E-state index is -0.511. The first-order chi connectivity index (χ1) is 15.9. The van der Waals surface area contributed by atoms with Gasteiger partial charge in [0, 0.05) is 12.1 Å². The molecule has 0 atom stereocenters. The number of aromatic amines is 1. The zero-order chi connectivity index (χ0) is 23.4. The summed E-state index contributed by atoms with van der Waals surface area (Å²) in [5, 5.41) is 3.56. The molecule has 0 saturated carbocycles. The van der Waals surface area contributed by atoms with Gasteiger partial charge in [-0.1, -0.05) is 54.1 Å². The summed E-state index contributed by atoms with van der Waals surface area (Å²) in [6, 6.07) is 21.2. The minimum absolute atomic E-state index is 0.103. The number of amides is 2. The molecule has 0 aliphatic rings. The monoisotopic (exact) mass is 443 g/mol. The van der Waals surface area contributed by atoms with Crippen molar-refractivity contribution in [3.63, 3.8) is 0 Å². The quantitative estimate of drug-likeness (QED) is 0.410. The van der Waals surface area contributed by atoms with Crippen LogP contribution in [0.4, 0.5) is 14.9 Å². The van der Waals surface area contributed by atoms with Crippen molar-refractivity contribution < 1.29 is 9.18 Å². The van der Waals surface area contributed by atoms with Gasteiger partial charge in [-0.25, -0.2) is 9.18 Å². The number of anilines is 1. The molecule has 0 bridgehead atoms. The molecule has 2 N–H and O–H groups in total. The van der Waals surface area contributed by atoms with Crippen LogP contribution in [-0.4, -0.2) is 22.5 Å².